The summed E-state index contributed by atoms with van der Waals surface area (Å²) in [5.74, 6) is -0.408. The lowest BCUT2D eigenvalue weighted by molar-refractivity contribution is 0.0594. The zero-order valence-corrected chi connectivity index (χ0v) is 7.04. The van der Waals surface area contributed by atoms with Gasteiger partial charge in [0.15, 0.2) is 4.77 Å². The molecule has 60 valence electrons. The summed E-state index contributed by atoms with van der Waals surface area (Å²) >= 11 is 4.77. The molecule has 1 heterocycles. The maximum absolute atomic E-state index is 10.9. The van der Waals surface area contributed by atoms with E-state index in [4.69, 9.17) is 12.2 Å². The molecule has 0 spiro atoms. The number of carbonyl (C=O) groups is 1. The molecule has 0 bridgehead atoms. The van der Waals surface area contributed by atoms with Crippen molar-refractivity contribution < 1.29 is 9.53 Å². The van der Waals surface area contributed by atoms with Crippen molar-refractivity contribution in [2.45, 2.75) is 6.92 Å². The molecular weight excluding hydrogens is 164 g/mol. The molecule has 0 saturated heterocycles. The molecule has 1 aromatic heterocycles. The van der Waals surface area contributed by atoms with Crippen LogP contribution in [0.15, 0.2) is 0 Å². The second kappa shape index (κ2) is 2.87. The minimum atomic E-state index is -0.408. The van der Waals surface area contributed by atoms with E-state index in [0.717, 1.165) is 0 Å². The Hall–Kier alpha value is -1.10. The van der Waals surface area contributed by atoms with Gasteiger partial charge in [0.05, 0.1) is 7.11 Å². The number of carbonyl (C=O) groups excluding carboxylic acids is 1. The fraction of sp³-hybridized carbons (Fsp3) is 0.333. The van der Waals surface area contributed by atoms with Crippen LogP contribution in [-0.2, 0) is 4.74 Å². The summed E-state index contributed by atoms with van der Waals surface area (Å²) in [6, 6.07) is 0. The van der Waals surface area contributed by atoms with Crippen LogP contribution in [0.25, 0.3) is 0 Å². The number of imidazole rings is 1. The molecule has 2 N–H and O–H groups in total. The first-order valence-corrected chi connectivity index (χ1v) is 3.43. The van der Waals surface area contributed by atoms with Gasteiger partial charge in [0.25, 0.3) is 0 Å². The highest BCUT2D eigenvalue weighted by molar-refractivity contribution is 7.71. The normalized spacial score (nSPS) is 9.64. The van der Waals surface area contributed by atoms with Crippen LogP contribution in [0.5, 0.6) is 0 Å². The number of aromatic nitrogens is 2. The van der Waals surface area contributed by atoms with Gasteiger partial charge >= 0.3 is 5.97 Å². The molecule has 0 aliphatic carbocycles. The van der Waals surface area contributed by atoms with E-state index in [1.165, 1.54) is 7.11 Å². The number of hydrogen-bond acceptors (Lipinski definition) is 3. The first-order valence-electron chi connectivity index (χ1n) is 3.02. The Morgan fingerprint density at radius 3 is 2.55 bits per heavy atom. The van der Waals surface area contributed by atoms with Crippen LogP contribution in [0.3, 0.4) is 0 Å². The lowest BCUT2D eigenvalue weighted by Crippen LogP contribution is -2.03. The number of hydrogen-bond donors (Lipinski definition) is 2. The zero-order chi connectivity index (χ0) is 8.43. The van der Waals surface area contributed by atoms with Crippen LogP contribution >= 0.6 is 12.2 Å². The maximum atomic E-state index is 10.9. The van der Waals surface area contributed by atoms with Crippen molar-refractivity contribution >= 4 is 18.2 Å². The Bertz CT molecular complexity index is 326. The van der Waals surface area contributed by atoms with Crippen LogP contribution in [0.1, 0.15) is 16.2 Å². The minimum absolute atomic E-state index is 0.387. The second-order valence-electron chi connectivity index (χ2n) is 2.07. The van der Waals surface area contributed by atoms with Gasteiger partial charge in [0.2, 0.25) is 0 Å². The van der Waals surface area contributed by atoms with Crippen LogP contribution < -0.4 is 0 Å². The van der Waals surface area contributed by atoms with E-state index in [2.05, 4.69) is 14.7 Å². The van der Waals surface area contributed by atoms with Gasteiger partial charge in [-0.15, -0.1) is 0 Å². The zero-order valence-electron chi connectivity index (χ0n) is 6.22. The lowest BCUT2D eigenvalue weighted by atomic mass is 10.3. The molecule has 1 aromatic rings. The van der Waals surface area contributed by atoms with Crippen molar-refractivity contribution in [2.75, 3.05) is 7.11 Å². The Labute approximate surface area is 68.6 Å². The molecule has 11 heavy (non-hydrogen) atoms. The molecule has 0 amide bonds. The molecule has 0 atom stereocenters. The van der Waals surface area contributed by atoms with E-state index in [1.54, 1.807) is 6.92 Å². The Balaban J connectivity index is 3.13. The maximum Gasteiger partial charge on any atom is 0.356 e. The van der Waals surface area contributed by atoms with Gasteiger partial charge in [-0.25, -0.2) is 4.79 Å². The third-order valence-electron chi connectivity index (χ3n) is 1.30. The van der Waals surface area contributed by atoms with Crippen molar-refractivity contribution in [3.8, 4) is 0 Å². The van der Waals surface area contributed by atoms with Crippen molar-refractivity contribution in [3.05, 3.63) is 16.2 Å². The van der Waals surface area contributed by atoms with Gasteiger partial charge in [-0.2, -0.15) is 0 Å². The number of methoxy groups -OCH3 is 1. The minimum Gasteiger partial charge on any atom is -0.464 e. The highest BCUT2D eigenvalue weighted by Gasteiger charge is 2.10. The summed E-state index contributed by atoms with van der Waals surface area (Å²) < 4.78 is 4.93. The molecule has 4 nitrogen and oxygen atoms in total. The highest BCUT2D eigenvalue weighted by Crippen LogP contribution is 2.02. The predicted octanol–water partition coefficient (Wildman–Crippen LogP) is 1.17. The molecule has 0 radical (unpaired) electrons. The summed E-state index contributed by atoms with van der Waals surface area (Å²) in [6.45, 7) is 1.75. The van der Waals surface area contributed by atoms with Gasteiger partial charge in [-0.05, 0) is 19.1 Å². The average molecular weight is 172 g/mol. The SMILES string of the molecule is COC(=O)c1[nH]c(=S)[nH]c1C. The number of aromatic amines is 2. The number of esters is 1. The topological polar surface area (TPSA) is 57.9 Å². The summed E-state index contributed by atoms with van der Waals surface area (Å²) in [4.78, 5) is 16.4. The van der Waals surface area contributed by atoms with Crippen molar-refractivity contribution in [3.63, 3.8) is 0 Å². The number of rotatable bonds is 1. The number of ether oxygens (including phenoxy) is 1. The largest absolute Gasteiger partial charge is 0.464 e. The second-order valence-corrected chi connectivity index (χ2v) is 2.48. The molecule has 5 heteroatoms. The van der Waals surface area contributed by atoms with Crippen molar-refractivity contribution in [1.29, 1.82) is 0 Å². The number of nitrogens with one attached hydrogen (secondary N) is 2. The van der Waals surface area contributed by atoms with E-state index in [0.29, 0.717) is 16.2 Å². The smallest absolute Gasteiger partial charge is 0.356 e. The molecule has 0 saturated carbocycles. The Kier molecular flexibility index (Phi) is 2.09. The standard InChI is InChI=1S/C6H8N2O2S/c1-3-4(5(9)10-2)8-6(11)7-3/h1-2H3,(H2,7,8,11). The van der Waals surface area contributed by atoms with Crippen LogP contribution in [0.4, 0.5) is 0 Å². The van der Waals surface area contributed by atoms with E-state index < -0.39 is 5.97 Å². The van der Waals surface area contributed by atoms with E-state index >= 15 is 0 Å². The van der Waals surface area contributed by atoms with Crippen LogP contribution in [0, 0.1) is 11.7 Å². The molecule has 0 aromatic carbocycles. The summed E-state index contributed by atoms with van der Waals surface area (Å²) in [5, 5.41) is 0. The summed E-state index contributed by atoms with van der Waals surface area (Å²) in [5.41, 5.74) is 1.08. The monoisotopic (exact) mass is 172 g/mol. The quantitative estimate of drug-likeness (QED) is 0.493. The van der Waals surface area contributed by atoms with Gasteiger partial charge in [0.1, 0.15) is 5.69 Å². The third kappa shape index (κ3) is 1.48. The third-order valence-corrected chi connectivity index (χ3v) is 1.51. The molecule has 0 aliphatic heterocycles. The first kappa shape index (κ1) is 8.00. The van der Waals surface area contributed by atoms with Gasteiger partial charge in [-0.3, -0.25) is 0 Å². The Morgan fingerprint density at radius 2 is 2.18 bits per heavy atom. The van der Waals surface area contributed by atoms with E-state index in [9.17, 15) is 4.79 Å². The molecular formula is C6H8N2O2S. The van der Waals surface area contributed by atoms with Crippen LogP contribution in [-0.4, -0.2) is 23.0 Å². The van der Waals surface area contributed by atoms with Crippen molar-refractivity contribution in [1.82, 2.24) is 9.97 Å². The van der Waals surface area contributed by atoms with Gasteiger partial charge < -0.3 is 14.7 Å². The Morgan fingerprint density at radius 1 is 1.55 bits per heavy atom. The summed E-state index contributed by atoms with van der Waals surface area (Å²) in [7, 11) is 1.33. The lowest BCUT2D eigenvalue weighted by Gasteiger charge is -1.94. The summed E-state index contributed by atoms with van der Waals surface area (Å²) in [6.07, 6.45) is 0. The molecule has 0 aliphatic rings. The van der Waals surface area contributed by atoms with E-state index in [-0.39, 0.29) is 0 Å². The molecule has 1 rings (SSSR count). The van der Waals surface area contributed by atoms with Crippen molar-refractivity contribution in [2.24, 2.45) is 0 Å². The van der Waals surface area contributed by atoms with Gasteiger partial charge in [-0.1, -0.05) is 0 Å². The fourth-order valence-electron chi connectivity index (χ4n) is 0.778. The molecule has 0 fully saturated rings. The van der Waals surface area contributed by atoms with E-state index in [1.807, 2.05) is 0 Å². The number of H-pyrrole nitrogens is 2. The predicted molar refractivity (Wildman–Crippen MR) is 42.1 cm³/mol. The number of aryl methyl sites for hydroxylation is 1. The van der Waals surface area contributed by atoms with Gasteiger partial charge in [0, 0.05) is 5.69 Å². The first-order chi connectivity index (χ1) is 5.15. The average Bonchev–Trinajstić information content (AvgIpc) is 2.28. The van der Waals surface area contributed by atoms with Crippen LogP contribution in [0.2, 0.25) is 0 Å². The highest BCUT2D eigenvalue weighted by atomic mass is 32.1. The molecule has 0 unspecified atom stereocenters. The fourth-order valence-corrected chi connectivity index (χ4v) is 1.03.